The maximum atomic E-state index is 12.3. The molecule has 0 aromatic heterocycles. The van der Waals surface area contributed by atoms with Gasteiger partial charge in [-0.15, -0.1) is 0 Å². The second kappa shape index (κ2) is 4.82. The highest BCUT2D eigenvalue weighted by atomic mass is 79.9. The lowest BCUT2D eigenvalue weighted by atomic mass is 10.1. The van der Waals surface area contributed by atoms with Crippen LogP contribution in [0.2, 0.25) is 0 Å². The number of amides is 2. The molecule has 6 heteroatoms. The van der Waals surface area contributed by atoms with E-state index >= 15 is 0 Å². The minimum Gasteiger partial charge on any atom is -0.478 e. The fourth-order valence-electron chi connectivity index (χ4n) is 2.25. The summed E-state index contributed by atoms with van der Waals surface area (Å²) in [4.78, 5) is 36.8. The molecule has 5 nitrogen and oxygen atoms in total. The van der Waals surface area contributed by atoms with Crippen molar-refractivity contribution in [2.75, 3.05) is 4.90 Å². The summed E-state index contributed by atoms with van der Waals surface area (Å²) in [5.74, 6) is -2.04. The van der Waals surface area contributed by atoms with Crippen LogP contribution in [-0.2, 0) is 0 Å². The highest BCUT2D eigenvalue weighted by molar-refractivity contribution is 9.10. The Morgan fingerprint density at radius 2 is 1.57 bits per heavy atom. The van der Waals surface area contributed by atoms with Crippen LogP contribution in [0, 0.1) is 0 Å². The Morgan fingerprint density at radius 3 is 2.10 bits per heavy atom. The summed E-state index contributed by atoms with van der Waals surface area (Å²) in [5, 5.41) is 9.07. The molecule has 0 unspecified atom stereocenters. The number of imide groups is 1. The minimum atomic E-state index is -1.13. The van der Waals surface area contributed by atoms with E-state index in [-0.39, 0.29) is 11.3 Å². The van der Waals surface area contributed by atoms with Gasteiger partial charge in [-0.1, -0.05) is 28.1 Å². The number of carboxylic acids is 1. The van der Waals surface area contributed by atoms with Crippen LogP contribution in [0.1, 0.15) is 31.1 Å². The number of anilines is 1. The quantitative estimate of drug-likeness (QED) is 0.849. The molecule has 2 aromatic rings. The molecule has 1 aliphatic heterocycles. The highest BCUT2D eigenvalue weighted by Gasteiger charge is 2.36. The number of carbonyl (C=O) groups is 3. The zero-order valence-electron chi connectivity index (χ0n) is 10.5. The van der Waals surface area contributed by atoms with E-state index in [2.05, 4.69) is 15.9 Å². The Balaban J connectivity index is 2.13. The second-order valence-corrected chi connectivity index (χ2v) is 5.41. The van der Waals surface area contributed by atoms with Gasteiger partial charge >= 0.3 is 5.97 Å². The molecule has 0 fully saturated rings. The van der Waals surface area contributed by atoms with E-state index in [0.29, 0.717) is 15.6 Å². The first-order valence-electron chi connectivity index (χ1n) is 6.01. The molecular weight excluding hydrogens is 338 g/mol. The van der Waals surface area contributed by atoms with Gasteiger partial charge in [0, 0.05) is 4.47 Å². The molecule has 1 heterocycles. The van der Waals surface area contributed by atoms with Crippen LogP contribution >= 0.6 is 15.9 Å². The number of hydrogen-bond donors (Lipinski definition) is 1. The van der Waals surface area contributed by atoms with Gasteiger partial charge in [0.2, 0.25) is 0 Å². The van der Waals surface area contributed by atoms with Gasteiger partial charge in [0.15, 0.2) is 0 Å². The van der Waals surface area contributed by atoms with E-state index in [1.807, 2.05) is 0 Å². The van der Waals surface area contributed by atoms with E-state index in [4.69, 9.17) is 5.11 Å². The van der Waals surface area contributed by atoms with Gasteiger partial charge in [-0.3, -0.25) is 9.59 Å². The number of hydrogen-bond acceptors (Lipinski definition) is 3. The SMILES string of the molecule is O=C(O)c1cc(Br)cc(N2C(=O)c3ccccc3C2=O)c1. The van der Waals surface area contributed by atoms with Crippen molar-refractivity contribution in [1.82, 2.24) is 0 Å². The molecule has 3 rings (SSSR count). The van der Waals surface area contributed by atoms with Crippen molar-refractivity contribution in [3.63, 3.8) is 0 Å². The maximum Gasteiger partial charge on any atom is 0.335 e. The number of halogens is 1. The van der Waals surface area contributed by atoms with Crippen molar-refractivity contribution in [1.29, 1.82) is 0 Å². The van der Waals surface area contributed by atoms with E-state index in [1.54, 1.807) is 24.3 Å². The maximum absolute atomic E-state index is 12.3. The number of carboxylic acid groups (broad SMARTS) is 1. The summed E-state index contributed by atoms with van der Waals surface area (Å²) in [6, 6.07) is 10.7. The number of carbonyl (C=O) groups excluding carboxylic acids is 2. The molecular formula is C15H8BrNO4. The fourth-order valence-corrected chi connectivity index (χ4v) is 2.73. The zero-order chi connectivity index (χ0) is 15.1. The molecule has 0 saturated carbocycles. The number of fused-ring (bicyclic) bond motifs is 1. The monoisotopic (exact) mass is 345 g/mol. The molecule has 0 saturated heterocycles. The van der Waals surface area contributed by atoms with Gasteiger partial charge in [-0.05, 0) is 30.3 Å². The van der Waals surface area contributed by atoms with Crippen LogP contribution in [0.5, 0.6) is 0 Å². The third kappa shape index (κ3) is 2.13. The molecule has 1 N–H and O–H groups in total. The number of benzene rings is 2. The number of aromatic carboxylic acids is 1. The van der Waals surface area contributed by atoms with Crippen LogP contribution in [0.3, 0.4) is 0 Å². The van der Waals surface area contributed by atoms with E-state index in [9.17, 15) is 14.4 Å². The largest absolute Gasteiger partial charge is 0.478 e. The van der Waals surface area contributed by atoms with E-state index < -0.39 is 17.8 Å². The normalized spacial score (nSPS) is 13.5. The summed E-state index contributed by atoms with van der Waals surface area (Å²) in [6.07, 6.45) is 0. The Morgan fingerprint density at radius 1 is 1.00 bits per heavy atom. The minimum absolute atomic E-state index is 0.00377. The lowest BCUT2D eigenvalue weighted by Crippen LogP contribution is -2.29. The highest BCUT2D eigenvalue weighted by Crippen LogP contribution is 2.30. The first kappa shape index (κ1) is 13.5. The lowest BCUT2D eigenvalue weighted by molar-refractivity contribution is 0.0695. The molecule has 0 atom stereocenters. The Bertz CT molecular complexity index is 765. The van der Waals surface area contributed by atoms with Gasteiger partial charge in [0.05, 0.1) is 22.4 Å². The molecule has 0 bridgehead atoms. The van der Waals surface area contributed by atoms with E-state index in [1.165, 1.54) is 18.2 Å². The molecule has 0 aliphatic carbocycles. The lowest BCUT2D eigenvalue weighted by Gasteiger charge is -2.15. The smallest absolute Gasteiger partial charge is 0.335 e. The van der Waals surface area contributed by atoms with Crippen molar-refractivity contribution < 1.29 is 19.5 Å². The molecule has 2 aromatic carbocycles. The fraction of sp³-hybridized carbons (Fsp3) is 0. The summed E-state index contributed by atoms with van der Waals surface area (Å²) in [7, 11) is 0. The van der Waals surface area contributed by atoms with Crippen LogP contribution in [0.4, 0.5) is 5.69 Å². The predicted molar refractivity (Wildman–Crippen MR) is 78.7 cm³/mol. The first-order valence-corrected chi connectivity index (χ1v) is 6.80. The van der Waals surface area contributed by atoms with E-state index in [0.717, 1.165) is 4.90 Å². The Labute approximate surface area is 127 Å². The summed E-state index contributed by atoms with van der Waals surface area (Å²) in [6.45, 7) is 0. The Kier molecular flexibility index (Phi) is 3.10. The van der Waals surface area contributed by atoms with Crippen molar-refractivity contribution >= 4 is 39.4 Å². The predicted octanol–water partition coefficient (Wildman–Crippen LogP) is 2.95. The van der Waals surface area contributed by atoms with Gasteiger partial charge in [-0.2, -0.15) is 0 Å². The van der Waals surface area contributed by atoms with Gasteiger partial charge in [0.25, 0.3) is 11.8 Å². The standard InChI is InChI=1S/C15H8BrNO4/c16-9-5-8(15(20)21)6-10(7-9)17-13(18)11-3-1-2-4-12(11)14(17)19/h1-7H,(H,20,21). The average molecular weight is 346 g/mol. The third-order valence-corrected chi connectivity index (χ3v) is 3.64. The molecule has 2 amide bonds. The number of rotatable bonds is 2. The third-order valence-electron chi connectivity index (χ3n) is 3.18. The summed E-state index contributed by atoms with van der Waals surface area (Å²) < 4.78 is 0.481. The average Bonchev–Trinajstić information content (AvgIpc) is 2.71. The van der Waals surface area contributed by atoms with Crippen LogP contribution in [-0.4, -0.2) is 22.9 Å². The topological polar surface area (TPSA) is 74.7 Å². The molecule has 0 radical (unpaired) electrons. The van der Waals surface area contributed by atoms with Gasteiger partial charge < -0.3 is 5.11 Å². The van der Waals surface area contributed by atoms with Crippen molar-refractivity contribution in [2.45, 2.75) is 0 Å². The zero-order valence-corrected chi connectivity index (χ0v) is 12.1. The van der Waals surface area contributed by atoms with Crippen LogP contribution in [0.25, 0.3) is 0 Å². The molecule has 21 heavy (non-hydrogen) atoms. The summed E-state index contributed by atoms with van der Waals surface area (Å²) >= 11 is 3.19. The van der Waals surface area contributed by atoms with Crippen molar-refractivity contribution in [2.24, 2.45) is 0 Å². The second-order valence-electron chi connectivity index (χ2n) is 4.49. The van der Waals surface area contributed by atoms with Crippen molar-refractivity contribution in [3.05, 3.63) is 63.6 Å². The van der Waals surface area contributed by atoms with Gasteiger partial charge in [0.1, 0.15) is 0 Å². The van der Waals surface area contributed by atoms with Gasteiger partial charge in [-0.25, -0.2) is 9.69 Å². The Hall–Kier alpha value is -2.47. The summed E-state index contributed by atoms with van der Waals surface area (Å²) in [5.41, 5.74) is 0.864. The first-order chi connectivity index (χ1) is 9.99. The van der Waals surface area contributed by atoms with Crippen LogP contribution < -0.4 is 4.90 Å². The number of nitrogens with zero attached hydrogens (tertiary/aromatic N) is 1. The van der Waals surface area contributed by atoms with Crippen LogP contribution in [0.15, 0.2) is 46.9 Å². The molecule has 104 valence electrons. The molecule has 1 aliphatic rings. The molecule has 0 spiro atoms. The van der Waals surface area contributed by atoms with Crippen molar-refractivity contribution in [3.8, 4) is 0 Å².